The van der Waals surface area contributed by atoms with Crippen molar-refractivity contribution in [3.05, 3.63) is 77.9 Å². The summed E-state index contributed by atoms with van der Waals surface area (Å²) in [6, 6.07) is -13.6. The second kappa shape index (κ2) is 52.6. The Hall–Kier alpha value is -12.7. The lowest BCUT2D eigenvalue weighted by Crippen LogP contribution is -2.63. The topological polar surface area (TPSA) is 728 Å². The largest absolute Gasteiger partial charge is 0.508 e. The molecule has 716 valence electrons. The van der Waals surface area contributed by atoms with Crippen molar-refractivity contribution >= 4 is 107 Å². The first-order chi connectivity index (χ1) is 60.5. The number of carbonyl (C=O) groups is 17. The van der Waals surface area contributed by atoms with Gasteiger partial charge in [-0.2, -0.15) is 0 Å². The average Bonchev–Trinajstić information content (AvgIpc) is 1.75. The molecule has 0 radical (unpaired) electrons. The van der Waals surface area contributed by atoms with Gasteiger partial charge in [-0.3, -0.25) is 82.1 Å². The normalized spacial score (nSPS) is 17.0. The van der Waals surface area contributed by atoms with Crippen molar-refractivity contribution in [1.29, 1.82) is 5.41 Å². The molecular formula is C84H130N20O25. The maximum absolute atomic E-state index is 15.1. The van der Waals surface area contributed by atoms with Gasteiger partial charge in [-0.1, -0.05) is 106 Å². The molecule has 45 heteroatoms. The number of imidazole rings is 1. The molecule has 129 heavy (non-hydrogen) atoms. The highest BCUT2D eigenvalue weighted by molar-refractivity contribution is 6.02. The Balaban J connectivity index is 1.65. The molecule has 2 aromatic carbocycles. The number of carbonyl (C=O) groups excluding carboxylic acids is 14. The van der Waals surface area contributed by atoms with Crippen molar-refractivity contribution in [3.8, 4) is 11.5 Å². The quantitative estimate of drug-likeness (QED) is 0.0145. The number of phenolic OH excluding ortho intramolecular Hbond substituents is 2. The SMILES string of the molecule is CC[C@H](C)[C@H](NC(=O)[C@@H](NC(=O)[C@@H]1CCCN1C(=O)[C@H](CCCNC(=N)N)NC(=O)[C@@H](NC(=O)[C@H](Cc1ccc(O)cc1)NC(=O)[C@@H](NC(=O)[C@@H](N)[C@@H](C)O)C(C)C)C(C)C)[C@@H](C)CC)C(=O)N[C@@H](CCC(=O)O)C(=O)N[C@@H](CC(=O)O)C(=O)N[C@@H](Cc1ccc(O)cc1)C(=O)N[C@@H](Cc1c[nH]cn1)C(=O)N[C@H](C(=O)N[C@@H](CC(C)C)C(=O)N[C@H](C(=O)O)[C@@H](C)O)[C@@H](C)O. The Kier molecular flexibility index (Phi) is 44.3. The number of aliphatic carboxylic acids is 3. The van der Waals surface area contributed by atoms with Gasteiger partial charge in [0.05, 0.1) is 36.8 Å². The summed E-state index contributed by atoms with van der Waals surface area (Å²) in [4.78, 5) is 247. The highest BCUT2D eigenvalue weighted by Gasteiger charge is 2.44. The smallest absolute Gasteiger partial charge is 0.328 e. The molecule has 0 bridgehead atoms. The number of benzene rings is 2. The van der Waals surface area contributed by atoms with E-state index in [4.69, 9.17) is 16.9 Å². The van der Waals surface area contributed by atoms with E-state index in [-0.39, 0.29) is 93.1 Å². The molecule has 0 spiro atoms. The van der Waals surface area contributed by atoms with Gasteiger partial charge < -0.3 is 137 Å². The number of carboxylic acid groups (broad SMARTS) is 3. The summed E-state index contributed by atoms with van der Waals surface area (Å²) >= 11 is 0. The third-order valence-electron chi connectivity index (χ3n) is 21.7. The molecule has 45 nitrogen and oxygen atoms in total. The fourth-order valence-corrected chi connectivity index (χ4v) is 13.7. The summed E-state index contributed by atoms with van der Waals surface area (Å²) in [6.45, 7) is 19.7. The van der Waals surface area contributed by atoms with Gasteiger partial charge in [0, 0.05) is 45.0 Å². The second-order valence-corrected chi connectivity index (χ2v) is 33.5. The molecule has 0 unspecified atom stereocenters. The molecular weight excluding hydrogens is 1690 g/mol. The van der Waals surface area contributed by atoms with Crippen LogP contribution in [0.25, 0.3) is 0 Å². The van der Waals surface area contributed by atoms with Gasteiger partial charge in [0.2, 0.25) is 82.7 Å². The minimum atomic E-state index is -2.18. The van der Waals surface area contributed by atoms with Gasteiger partial charge in [-0.25, -0.2) is 9.78 Å². The van der Waals surface area contributed by atoms with Crippen LogP contribution in [0.5, 0.6) is 11.5 Å². The number of amides is 14. The molecule has 1 aliphatic rings. The molecule has 20 atom stereocenters. The Morgan fingerprint density at radius 1 is 0.473 bits per heavy atom. The number of aromatic nitrogens is 2. The number of aromatic amines is 1. The van der Waals surface area contributed by atoms with E-state index < -0.39 is 271 Å². The summed E-state index contributed by atoms with van der Waals surface area (Å²) < 4.78 is 0. The zero-order valence-electron chi connectivity index (χ0n) is 74.7. The highest BCUT2D eigenvalue weighted by Crippen LogP contribution is 2.24. The number of H-pyrrole nitrogens is 1. The average molecular weight is 1820 g/mol. The van der Waals surface area contributed by atoms with Gasteiger partial charge in [-0.15, -0.1) is 0 Å². The first-order valence-electron chi connectivity index (χ1n) is 42.8. The van der Waals surface area contributed by atoms with Crippen LogP contribution >= 0.6 is 0 Å². The van der Waals surface area contributed by atoms with E-state index in [9.17, 15) is 118 Å². The number of nitrogens with one attached hydrogen (secondary N) is 16. The Morgan fingerprint density at radius 3 is 1.33 bits per heavy atom. The van der Waals surface area contributed by atoms with E-state index in [1.54, 1.807) is 62.3 Å². The lowest BCUT2D eigenvalue weighted by atomic mass is 9.94. The molecule has 1 fully saturated rings. The molecule has 1 aliphatic heterocycles. The lowest BCUT2D eigenvalue weighted by Gasteiger charge is -2.33. The summed E-state index contributed by atoms with van der Waals surface area (Å²) in [5.41, 5.74) is 12.2. The molecule has 0 aliphatic carbocycles. The number of phenols is 2. The number of nitrogens with two attached hydrogens (primary N) is 2. The Bertz CT molecular complexity index is 4320. The molecule has 14 amide bonds. The fraction of sp³-hybridized carbons (Fsp3) is 0.607. The first-order valence-corrected chi connectivity index (χ1v) is 42.8. The Morgan fingerprint density at radius 2 is 0.876 bits per heavy atom. The van der Waals surface area contributed by atoms with Gasteiger partial charge in [-0.05, 0) is 124 Å². The number of aromatic hydroxyl groups is 2. The Labute approximate surface area is 746 Å². The minimum Gasteiger partial charge on any atom is -0.508 e. The zero-order valence-corrected chi connectivity index (χ0v) is 74.7. The van der Waals surface area contributed by atoms with Crippen molar-refractivity contribution in [2.24, 2.45) is 41.1 Å². The van der Waals surface area contributed by atoms with Crippen LogP contribution in [0.15, 0.2) is 61.1 Å². The van der Waals surface area contributed by atoms with Gasteiger partial charge in [0.15, 0.2) is 12.0 Å². The molecule has 3 aromatic rings. The number of hydrogen-bond donors (Lipinski definition) is 26. The number of aliphatic hydroxyl groups excluding tert-OH is 3. The number of carboxylic acids is 3. The van der Waals surface area contributed by atoms with E-state index in [0.29, 0.717) is 5.56 Å². The maximum atomic E-state index is 15.1. The van der Waals surface area contributed by atoms with Crippen molar-refractivity contribution < 1.29 is 122 Å². The third-order valence-corrected chi connectivity index (χ3v) is 21.7. The van der Waals surface area contributed by atoms with E-state index in [2.05, 4.69) is 84.4 Å². The minimum absolute atomic E-state index is 0.0268. The van der Waals surface area contributed by atoms with E-state index in [1.807, 2.05) is 0 Å². The summed E-state index contributed by atoms with van der Waals surface area (Å²) in [6.07, 6.45) is -5.67. The van der Waals surface area contributed by atoms with Crippen molar-refractivity contribution in [1.82, 2.24) is 89.3 Å². The second-order valence-electron chi connectivity index (χ2n) is 33.5. The standard InChI is InChI=1S/C84H130N20O25/c1-14-42(9)65(101-80(125)66(43(10)15-2)100-75(120)59-19-17-31-104(59)82(127)53(18-16-30-89-84(86)87)92-77(122)63(40(5)6)98-73(118)56(34-48-22-26-51(109)27-23-48)97-78(123)64(41(7)8)99-76(121)62(85)44(11)105)79(124)91-52(28-29-60(110)111)69(114)95-58(36-61(112)113)71(116)93-55(33-47-20-24-50(108)25-21-47)70(115)94-57(35-49-37-88-38-90-49)74(119)102-67(45(12)106)81(126)96-54(32-39(3)4)72(117)103-68(46(13)107)83(128)129/h20-27,37-46,52-59,62-68,105-109H,14-19,28-36,85H2,1-13H3,(H,88,90)(H,91,124)(H,92,122)(H,93,116)(H,94,115)(H,95,114)(H,96,126)(H,97,123)(H,98,118)(H,99,121)(H,100,120)(H,101,125)(H,102,119)(H,103,117)(H,110,111)(H,112,113)(H,128,129)(H4,86,87,89)/t42-,43-,44+,45+,46+,52-,53-,54-,55-,56-,57-,58-,59-,62-,63-,64-,65-,66-,67-,68-/m0/s1. The fourth-order valence-electron chi connectivity index (χ4n) is 13.7. The predicted octanol–water partition coefficient (Wildman–Crippen LogP) is -4.25. The van der Waals surface area contributed by atoms with Crippen LogP contribution in [0.1, 0.15) is 171 Å². The number of nitrogens with zero attached hydrogens (tertiary/aromatic N) is 2. The number of guanidine groups is 1. The van der Waals surface area contributed by atoms with E-state index >= 15 is 4.79 Å². The summed E-state index contributed by atoms with van der Waals surface area (Å²) in [5, 5.41) is 124. The van der Waals surface area contributed by atoms with Crippen LogP contribution in [0.2, 0.25) is 0 Å². The van der Waals surface area contributed by atoms with Gasteiger partial charge >= 0.3 is 17.9 Å². The predicted molar refractivity (Wildman–Crippen MR) is 463 cm³/mol. The van der Waals surface area contributed by atoms with Crippen LogP contribution in [-0.2, 0) is 101 Å². The van der Waals surface area contributed by atoms with Crippen LogP contribution in [-0.4, -0.2) is 284 Å². The van der Waals surface area contributed by atoms with Crippen LogP contribution in [0.3, 0.4) is 0 Å². The first kappa shape index (κ1) is 109. The van der Waals surface area contributed by atoms with Crippen LogP contribution < -0.4 is 85.9 Å². The number of likely N-dealkylation sites (tertiary alicyclic amines) is 1. The molecule has 2 heterocycles. The molecule has 1 aromatic heterocycles. The van der Waals surface area contributed by atoms with Crippen molar-refractivity contribution in [3.63, 3.8) is 0 Å². The molecule has 28 N–H and O–H groups in total. The number of rotatable bonds is 54. The molecule has 4 rings (SSSR count). The molecule has 0 saturated carbocycles. The maximum Gasteiger partial charge on any atom is 0.328 e. The van der Waals surface area contributed by atoms with E-state index in [0.717, 1.165) is 13.8 Å². The lowest BCUT2D eigenvalue weighted by molar-refractivity contribution is -0.145. The number of hydrogen-bond acceptors (Lipinski definition) is 25. The molecule has 1 saturated heterocycles. The van der Waals surface area contributed by atoms with Gasteiger partial charge in [0.1, 0.15) is 96.1 Å². The van der Waals surface area contributed by atoms with Crippen molar-refractivity contribution in [2.45, 2.75) is 282 Å². The van der Waals surface area contributed by atoms with Crippen LogP contribution in [0.4, 0.5) is 0 Å². The highest BCUT2D eigenvalue weighted by atomic mass is 16.4. The monoisotopic (exact) mass is 1820 g/mol. The van der Waals surface area contributed by atoms with Crippen molar-refractivity contribution in [2.75, 3.05) is 13.1 Å². The summed E-state index contributed by atoms with van der Waals surface area (Å²) in [5.74, 6) is -23.3. The number of aliphatic hydroxyl groups is 3. The van der Waals surface area contributed by atoms with Gasteiger partial charge in [0.25, 0.3) is 0 Å². The van der Waals surface area contributed by atoms with E-state index in [1.165, 1.54) is 79.8 Å². The van der Waals surface area contributed by atoms with Crippen LogP contribution in [0, 0.1) is 35.0 Å². The third kappa shape index (κ3) is 35.5. The summed E-state index contributed by atoms with van der Waals surface area (Å²) in [7, 11) is 0. The zero-order chi connectivity index (χ0) is 97.1.